The first-order valence-corrected chi connectivity index (χ1v) is 8.80. The van der Waals surface area contributed by atoms with Gasteiger partial charge in [-0.15, -0.1) is 0 Å². The molecule has 0 spiro atoms. The largest absolute Gasteiger partial charge is 0.489 e. The van der Waals surface area contributed by atoms with Crippen molar-refractivity contribution >= 4 is 23.3 Å². The Hall–Kier alpha value is -2.79. The summed E-state index contributed by atoms with van der Waals surface area (Å²) in [6.07, 6.45) is 0.415. The third-order valence-electron chi connectivity index (χ3n) is 4.59. The topological polar surface area (TPSA) is 67.0 Å². The van der Waals surface area contributed by atoms with E-state index in [0.29, 0.717) is 23.9 Å². The van der Waals surface area contributed by atoms with Gasteiger partial charge in [-0.25, -0.2) is 0 Å². The van der Waals surface area contributed by atoms with E-state index in [1.54, 1.807) is 0 Å². The zero-order chi connectivity index (χ0) is 18.1. The van der Waals surface area contributed by atoms with Crippen LogP contribution >= 0.6 is 11.6 Å². The average molecular weight is 368 g/mol. The Balaban J connectivity index is 1.50. The predicted octanol–water partition coefficient (Wildman–Crippen LogP) is 4.42. The molecule has 1 aliphatic heterocycles. The highest BCUT2D eigenvalue weighted by atomic mass is 35.5. The first-order chi connectivity index (χ1) is 12.6. The summed E-state index contributed by atoms with van der Waals surface area (Å²) in [6, 6.07) is 15.5. The molecule has 0 fully saturated rings. The fourth-order valence-corrected chi connectivity index (χ4v) is 3.38. The molecule has 1 amide bonds. The number of aromatic nitrogens is 2. The van der Waals surface area contributed by atoms with Crippen LogP contribution in [0, 0.1) is 6.92 Å². The first-order valence-electron chi connectivity index (χ1n) is 8.42. The van der Waals surface area contributed by atoms with Crippen molar-refractivity contribution in [2.45, 2.75) is 25.9 Å². The van der Waals surface area contributed by atoms with Gasteiger partial charge in [0.25, 0.3) is 0 Å². The Kier molecular flexibility index (Phi) is 4.39. The number of rotatable bonds is 4. The normalized spacial score (nSPS) is 16.1. The van der Waals surface area contributed by atoms with Gasteiger partial charge < -0.3 is 10.1 Å². The van der Waals surface area contributed by atoms with Crippen LogP contribution in [0.2, 0.25) is 5.02 Å². The summed E-state index contributed by atoms with van der Waals surface area (Å²) in [4.78, 5) is 12.0. The second-order valence-electron chi connectivity index (χ2n) is 6.40. The van der Waals surface area contributed by atoms with Crippen LogP contribution in [0.1, 0.15) is 34.7 Å². The lowest BCUT2D eigenvalue weighted by molar-refractivity contribution is -0.116. The van der Waals surface area contributed by atoms with Crippen molar-refractivity contribution in [3.05, 3.63) is 75.9 Å². The molecule has 0 saturated heterocycles. The molecule has 0 radical (unpaired) electrons. The smallest absolute Gasteiger partial charge is 0.226 e. The maximum Gasteiger partial charge on any atom is 0.226 e. The number of aryl methyl sites for hydroxylation is 1. The number of carbonyl (C=O) groups excluding carboxylic acids is 1. The zero-order valence-corrected chi connectivity index (χ0v) is 15.0. The molecule has 1 unspecified atom stereocenters. The summed E-state index contributed by atoms with van der Waals surface area (Å²) >= 11 is 5.89. The van der Waals surface area contributed by atoms with E-state index in [4.69, 9.17) is 16.3 Å². The molecule has 0 saturated carbocycles. The van der Waals surface area contributed by atoms with Gasteiger partial charge in [0, 0.05) is 28.6 Å². The van der Waals surface area contributed by atoms with Gasteiger partial charge in [-0.2, -0.15) is 5.10 Å². The second kappa shape index (κ2) is 6.84. The van der Waals surface area contributed by atoms with E-state index >= 15 is 0 Å². The number of hydrogen-bond donors (Lipinski definition) is 2. The van der Waals surface area contributed by atoms with E-state index in [2.05, 4.69) is 15.5 Å². The number of nitrogens with zero attached hydrogens (tertiary/aromatic N) is 1. The number of ether oxygens (including phenoxy) is 1. The predicted molar refractivity (Wildman–Crippen MR) is 101 cm³/mol. The lowest BCUT2D eigenvalue weighted by Gasteiger charge is -2.23. The van der Waals surface area contributed by atoms with E-state index in [0.717, 1.165) is 28.1 Å². The van der Waals surface area contributed by atoms with Gasteiger partial charge in [0.1, 0.15) is 12.4 Å². The maximum absolute atomic E-state index is 12.0. The van der Waals surface area contributed by atoms with Crippen LogP contribution in [0.5, 0.6) is 5.75 Å². The van der Waals surface area contributed by atoms with E-state index in [1.165, 1.54) is 0 Å². The van der Waals surface area contributed by atoms with Crippen molar-refractivity contribution < 1.29 is 9.53 Å². The van der Waals surface area contributed by atoms with Crippen LogP contribution in [0.25, 0.3) is 0 Å². The first kappa shape index (κ1) is 16.7. The average Bonchev–Trinajstić information content (AvgIpc) is 3.02. The minimum atomic E-state index is -0.0166. The molecule has 2 N–H and O–H groups in total. The Morgan fingerprint density at radius 2 is 1.88 bits per heavy atom. The van der Waals surface area contributed by atoms with Gasteiger partial charge in [0.2, 0.25) is 5.91 Å². The number of carbonyl (C=O) groups is 1. The fourth-order valence-electron chi connectivity index (χ4n) is 3.26. The molecule has 4 rings (SSSR count). The molecule has 6 heteroatoms. The maximum atomic E-state index is 12.0. The molecule has 132 valence electrons. The van der Waals surface area contributed by atoms with Crippen LogP contribution in [0.3, 0.4) is 0 Å². The van der Waals surface area contributed by atoms with E-state index in [1.807, 2.05) is 55.5 Å². The number of nitrogens with one attached hydrogen (secondary N) is 2. The molecule has 1 atom stereocenters. The molecular weight excluding hydrogens is 350 g/mol. The monoisotopic (exact) mass is 367 g/mol. The quantitative estimate of drug-likeness (QED) is 0.717. The molecule has 5 nitrogen and oxygen atoms in total. The van der Waals surface area contributed by atoms with Gasteiger partial charge in [-0.05, 0) is 42.3 Å². The molecule has 2 aromatic carbocycles. The van der Waals surface area contributed by atoms with Crippen LogP contribution < -0.4 is 10.1 Å². The highest BCUT2D eigenvalue weighted by Gasteiger charge is 2.30. The molecule has 0 aliphatic carbocycles. The van der Waals surface area contributed by atoms with Gasteiger partial charge >= 0.3 is 0 Å². The number of amides is 1. The number of fused-ring (bicyclic) bond motifs is 1. The second-order valence-corrected chi connectivity index (χ2v) is 6.84. The van der Waals surface area contributed by atoms with Crippen LogP contribution in [-0.4, -0.2) is 16.1 Å². The van der Waals surface area contributed by atoms with E-state index in [9.17, 15) is 4.79 Å². The Labute approximate surface area is 156 Å². The van der Waals surface area contributed by atoms with Gasteiger partial charge in [0.15, 0.2) is 5.82 Å². The molecule has 3 aromatic rings. The number of hydrogen-bond acceptors (Lipinski definition) is 3. The standard InChI is InChI=1S/C20H18ClN3O2/c1-12-19-17(10-18(25)22-20(19)24-23-12)14-4-8-16(9-5-14)26-11-13-2-6-15(21)7-3-13/h2-9,17H,10-11H2,1H3,(H2,22,23,24,25). The number of anilines is 1. The molecular formula is C20H18ClN3O2. The van der Waals surface area contributed by atoms with Crippen molar-refractivity contribution in [3.63, 3.8) is 0 Å². The zero-order valence-electron chi connectivity index (χ0n) is 14.3. The lowest BCUT2D eigenvalue weighted by atomic mass is 9.86. The molecule has 1 aromatic heterocycles. The summed E-state index contributed by atoms with van der Waals surface area (Å²) in [5, 5.41) is 10.7. The molecule has 1 aliphatic rings. The SMILES string of the molecule is Cc1[nH]nc2c1C(c1ccc(OCc3ccc(Cl)cc3)cc1)CC(=O)N2. The van der Waals surface area contributed by atoms with Crippen molar-refractivity contribution in [1.82, 2.24) is 10.2 Å². The third kappa shape index (κ3) is 3.30. The minimum Gasteiger partial charge on any atom is -0.489 e. The van der Waals surface area contributed by atoms with Gasteiger partial charge in [-0.1, -0.05) is 35.9 Å². The number of aromatic amines is 1. The third-order valence-corrected chi connectivity index (χ3v) is 4.84. The number of H-pyrrole nitrogens is 1. The van der Waals surface area contributed by atoms with Crippen LogP contribution in [0.4, 0.5) is 5.82 Å². The van der Waals surface area contributed by atoms with Crippen molar-refractivity contribution in [1.29, 1.82) is 0 Å². The van der Waals surface area contributed by atoms with Gasteiger partial charge in [-0.3, -0.25) is 9.89 Å². The van der Waals surface area contributed by atoms with Crippen LogP contribution in [0.15, 0.2) is 48.5 Å². The molecule has 2 heterocycles. The lowest BCUT2D eigenvalue weighted by Crippen LogP contribution is -2.23. The summed E-state index contributed by atoms with van der Waals surface area (Å²) < 4.78 is 5.83. The summed E-state index contributed by atoms with van der Waals surface area (Å²) in [6.45, 7) is 2.45. The van der Waals surface area contributed by atoms with E-state index < -0.39 is 0 Å². The van der Waals surface area contributed by atoms with Crippen molar-refractivity contribution in [3.8, 4) is 5.75 Å². The highest BCUT2D eigenvalue weighted by molar-refractivity contribution is 6.30. The summed E-state index contributed by atoms with van der Waals surface area (Å²) in [5.74, 6) is 1.40. The Morgan fingerprint density at radius 3 is 2.62 bits per heavy atom. The Bertz CT molecular complexity index is 933. The minimum absolute atomic E-state index is 0.00261. The summed E-state index contributed by atoms with van der Waals surface area (Å²) in [7, 11) is 0. The van der Waals surface area contributed by atoms with Gasteiger partial charge in [0.05, 0.1) is 0 Å². The highest BCUT2D eigenvalue weighted by Crippen LogP contribution is 2.38. The molecule has 26 heavy (non-hydrogen) atoms. The van der Waals surface area contributed by atoms with E-state index in [-0.39, 0.29) is 11.8 Å². The number of benzene rings is 2. The fraction of sp³-hybridized carbons (Fsp3) is 0.200. The van der Waals surface area contributed by atoms with Crippen LogP contribution in [-0.2, 0) is 11.4 Å². The van der Waals surface area contributed by atoms with Crippen molar-refractivity contribution in [2.75, 3.05) is 5.32 Å². The Morgan fingerprint density at radius 1 is 1.15 bits per heavy atom. The van der Waals surface area contributed by atoms with Crippen molar-refractivity contribution in [2.24, 2.45) is 0 Å². The molecule has 0 bridgehead atoms. The number of halogens is 1. The summed E-state index contributed by atoms with van der Waals surface area (Å²) in [5.41, 5.74) is 4.16.